The van der Waals surface area contributed by atoms with E-state index in [-0.39, 0.29) is 11.9 Å². The van der Waals surface area contributed by atoms with E-state index in [1.165, 1.54) is 12.1 Å². The summed E-state index contributed by atoms with van der Waals surface area (Å²) < 4.78 is 18.4. The summed E-state index contributed by atoms with van der Waals surface area (Å²) in [5.74, 6) is 0.622. The molecule has 0 radical (unpaired) electrons. The van der Waals surface area contributed by atoms with Crippen molar-refractivity contribution in [2.45, 2.75) is 26.3 Å². The predicted molar refractivity (Wildman–Crippen MR) is 60.5 cm³/mol. The molecule has 0 bridgehead atoms. The molecule has 0 aliphatic carbocycles. The summed E-state index contributed by atoms with van der Waals surface area (Å²) in [7, 11) is 0. The quantitative estimate of drug-likeness (QED) is 0.868. The van der Waals surface area contributed by atoms with Gasteiger partial charge in [-0.2, -0.15) is 0 Å². The molecule has 86 valence electrons. The van der Waals surface area contributed by atoms with Crippen molar-refractivity contribution in [2.24, 2.45) is 11.7 Å². The topological polar surface area (TPSA) is 52.0 Å². The number of aromatic nitrogens is 1. The Balaban J connectivity index is 2.26. The Hall–Kier alpha value is -1.42. The molecule has 4 heteroatoms. The summed E-state index contributed by atoms with van der Waals surface area (Å²) in [6.07, 6.45) is 0.577. The molecule has 1 heterocycles. The van der Waals surface area contributed by atoms with Gasteiger partial charge in [-0.1, -0.05) is 13.8 Å². The molecule has 2 rings (SSSR count). The fourth-order valence-corrected chi connectivity index (χ4v) is 1.47. The Morgan fingerprint density at radius 2 is 2.19 bits per heavy atom. The Bertz CT molecular complexity index is 493. The lowest BCUT2D eigenvalue weighted by Crippen LogP contribution is -2.28. The van der Waals surface area contributed by atoms with Crippen LogP contribution in [0, 0.1) is 11.7 Å². The van der Waals surface area contributed by atoms with Crippen LogP contribution < -0.4 is 5.73 Å². The number of oxazole rings is 1. The average molecular weight is 222 g/mol. The second-order valence-electron chi connectivity index (χ2n) is 4.33. The van der Waals surface area contributed by atoms with Gasteiger partial charge in [0.05, 0.1) is 0 Å². The maximum absolute atomic E-state index is 12.9. The first-order valence-electron chi connectivity index (χ1n) is 5.37. The van der Waals surface area contributed by atoms with Gasteiger partial charge in [-0.25, -0.2) is 9.37 Å². The second kappa shape index (κ2) is 4.22. The van der Waals surface area contributed by atoms with E-state index in [0.29, 0.717) is 29.3 Å². The summed E-state index contributed by atoms with van der Waals surface area (Å²) in [6.45, 7) is 4.10. The first-order valence-corrected chi connectivity index (χ1v) is 5.37. The van der Waals surface area contributed by atoms with Crippen LogP contribution in [0.25, 0.3) is 11.1 Å². The third-order valence-electron chi connectivity index (χ3n) is 2.66. The van der Waals surface area contributed by atoms with E-state index in [1.807, 2.05) is 13.8 Å². The molecule has 0 saturated heterocycles. The van der Waals surface area contributed by atoms with E-state index in [0.717, 1.165) is 0 Å². The summed E-state index contributed by atoms with van der Waals surface area (Å²) in [5, 5.41) is 0. The average Bonchev–Trinajstić information content (AvgIpc) is 2.58. The lowest BCUT2D eigenvalue weighted by Gasteiger charge is -2.12. The van der Waals surface area contributed by atoms with Crippen molar-refractivity contribution >= 4 is 11.1 Å². The second-order valence-corrected chi connectivity index (χ2v) is 4.33. The number of rotatable bonds is 3. The van der Waals surface area contributed by atoms with E-state index < -0.39 is 0 Å². The van der Waals surface area contributed by atoms with Crippen molar-refractivity contribution in [1.82, 2.24) is 4.98 Å². The van der Waals surface area contributed by atoms with E-state index in [2.05, 4.69) is 4.98 Å². The highest BCUT2D eigenvalue weighted by Crippen LogP contribution is 2.18. The van der Waals surface area contributed by atoms with Crippen molar-refractivity contribution in [2.75, 3.05) is 0 Å². The minimum atomic E-state index is -0.316. The summed E-state index contributed by atoms with van der Waals surface area (Å²) in [4.78, 5) is 4.26. The first-order chi connectivity index (χ1) is 7.56. The Morgan fingerprint density at radius 3 is 2.88 bits per heavy atom. The Labute approximate surface area is 93.5 Å². The number of nitrogens with zero attached hydrogens (tertiary/aromatic N) is 1. The molecule has 1 atom stereocenters. The molecule has 1 aromatic carbocycles. The molecular weight excluding hydrogens is 207 g/mol. The first kappa shape index (κ1) is 11.1. The van der Waals surface area contributed by atoms with Crippen molar-refractivity contribution in [3.63, 3.8) is 0 Å². The van der Waals surface area contributed by atoms with Gasteiger partial charge in [0.2, 0.25) is 0 Å². The molecule has 0 aliphatic rings. The molecule has 2 aromatic rings. The van der Waals surface area contributed by atoms with Crippen LogP contribution in [0.4, 0.5) is 4.39 Å². The summed E-state index contributed by atoms with van der Waals surface area (Å²) in [5.41, 5.74) is 7.08. The van der Waals surface area contributed by atoms with E-state index in [9.17, 15) is 4.39 Å². The van der Waals surface area contributed by atoms with Crippen LogP contribution in [-0.4, -0.2) is 11.0 Å². The zero-order valence-corrected chi connectivity index (χ0v) is 9.40. The molecule has 2 N–H and O–H groups in total. The Kier molecular flexibility index (Phi) is 2.92. The molecule has 0 fully saturated rings. The minimum absolute atomic E-state index is 0.0120. The molecule has 3 nitrogen and oxygen atoms in total. The molecule has 0 saturated carbocycles. The van der Waals surface area contributed by atoms with Gasteiger partial charge in [0.25, 0.3) is 0 Å². The highest BCUT2D eigenvalue weighted by Gasteiger charge is 2.13. The normalized spacial score (nSPS) is 13.6. The Morgan fingerprint density at radius 1 is 1.44 bits per heavy atom. The van der Waals surface area contributed by atoms with Crippen molar-refractivity contribution in [3.8, 4) is 0 Å². The maximum atomic E-state index is 12.9. The number of hydrogen-bond donors (Lipinski definition) is 1. The van der Waals surface area contributed by atoms with Gasteiger partial charge >= 0.3 is 0 Å². The minimum Gasteiger partial charge on any atom is -0.441 e. The van der Waals surface area contributed by atoms with Crippen LogP contribution >= 0.6 is 0 Å². The fourth-order valence-electron chi connectivity index (χ4n) is 1.47. The van der Waals surface area contributed by atoms with Crippen LogP contribution in [0.5, 0.6) is 0 Å². The third kappa shape index (κ3) is 2.22. The van der Waals surface area contributed by atoms with Gasteiger partial charge < -0.3 is 10.2 Å². The fraction of sp³-hybridized carbons (Fsp3) is 0.417. The monoisotopic (exact) mass is 222 g/mol. The van der Waals surface area contributed by atoms with Gasteiger partial charge in [-0.05, 0) is 18.1 Å². The number of hydrogen-bond acceptors (Lipinski definition) is 3. The summed E-state index contributed by atoms with van der Waals surface area (Å²) >= 11 is 0. The molecule has 0 aliphatic heterocycles. The van der Waals surface area contributed by atoms with E-state index in [4.69, 9.17) is 10.2 Å². The van der Waals surface area contributed by atoms with Crippen molar-refractivity contribution in [3.05, 3.63) is 29.9 Å². The lowest BCUT2D eigenvalue weighted by atomic mass is 10.0. The molecule has 0 spiro atoms. The van der Waals surface area contributed by atoms with Gasteiger partial charge in [0.1, 0.15) is 11.3 Å². The van der Waals surface area contributed by atoms with E-state index >= 15 is 0 Å². The third-order valence-corrected chi connectivity index (χ3v) is 2.66. The maximum Gasteiger partial charge on any atom is 0.197 e. The van der Waals surface area contributed by atoms with Gasteiger partial charge in [0.15, 0.2) is 11.5 Å². The standard InChI is InChI=1S/C12H15FN2O/c1-7(2)9(14)6-12-15-10-4-3-8(13)5-11(10)16-12/h3-5,7,9H,6,14H2,1-2H3. The van der Waals surface area contributed by atoms with Crippen LogP contribution in [0.2, 0.25) is 0 Å². The highest BCUT2D eigenvalue weighted by molar-refractivity contribution is 5.72. The van der Waals surface area contributed by atoms with Gasteiger partial charge in [-0.3, -0.25) is 0 Å². The zero-order valence-electron chi connectivity index (χ0n) is 9.40. The highest BCUT2D eigenvalue weighted by atomic mass is 19.1. The summed E-state index contributed by atoms with van der Waals surface area (Å²) in [6, 6.07) is 4.33. The smallest absolute Gasteiger partial charge is 0.197 e. The predicted octanol–water partition coefficient (Wildman–Crippen LogP) is 2.49. The molecule has 1 unspecified atom stereocenters. The van der Waals surface area contributed by atoms with Gasteiger partial charge in [0, 0.05) is 18.5 Å². The lowest BCUT2D eigenvalue weighted by molar-refractivity contribution is 0.432. The largest absolute Gasteiger partial charge is 0.441 e. The van der Waals surface area contributed by atoms with Crippen LogP contribution in [0.15, 0.2) is 22.6 Å². The number of fused-ring (bicyclic) bond motifs is 1. The van der Waals surface area contributed by atoms with Crippen molar-refractivity contribution < 1.29 is 8.81 Å². The molecular formula is C12H15FN2O. The SMILES string of the molecule is CC(C)C(N)Cc1nc2ccc(F)cc2o1. The number of halogens is 1. The van der Waals surface area contributed by atoms with Crippen LogP contribution in [0.1, 0.15) is 19.7 Å². The zero-order chi connectivity index (χ0) is 11.7. The van der Waals surface area contributed by atoms with Crippen LogP contribution in [0.3, 0.4) is 0 Å². The number of benzene rings is 1. The van der Waals surface area contributed by atoms with Gasteiger partial charge in [-0.15, -0.1) is 0 Å². The molecule has 0 amide bonds. The number of nitrogens with two attached hydrogens (primary N) is 1. The molecule has 16 heavy (non-hydrogen) atoms. The van der Waals surface area contributed by atoms with Crippen molar-refractivity contribution in [1.29, 1.82) is 0 Å². The van der Waals surface area contributed by atoms with Crippen LogP contribution in [-0.2, 0) is 6.42 Å². The van der Waals surface area contributed by atoms with E-state index in [1.54, 1.807) is 6.07 Å². The molecule has 1 aromatic heterocycles.